The largest absolute Gasteiger partial charge is 0.476 e. The molecule has 3 saturated carbocycles. The van der Waals surface area contributed by atoms with Crippen molar-refractivity contribution in [2.24, 2.45) is 7.05 Å². The summed E-state index contributed by atoms with van der Waals surface area (Å²) in [6, 6.07) is 6.05. The summed E-state index contributed by atoms with van der Waals surface area (Å²) in [7, 11) is 1.78. The van der Waals surface area contributed by atoms with Gasteiger partial charge in [0.1, 0.15) is 11.0 Å². The fourth-order valence-electron chi connectivity index (χ4n) is 6.55. The minimum Gasteiger partial charge on any atom is -0.476 e. The maximum absolute atomic E-state index is 13.7. The number of nitrogens with one attached hydrogen (secondary N) is 1. The first-order valence-electron chi connectivity index (χ1n) is 13.2. The van der Waals surface area contributed by atoms with Gasteiger partial charge >= 0.3 is 5.97 Å². The molecule has 1 atom stereocenters. The lowest BCUT2D eigenvalue weighted by Gasteiger charge is -2.51. The van der Waals surface area contributed by atoms with E-state index in [0.717, 1.165) is 44.3 Å². The van der Waals surface area contributed by atoms with Gasteiger partial charge in [-0.3, -0.25) is 9.36 Å². The van der Waals surface area contributed by atoms with Gasteiger partial charge in [-0.15, -0.1) is 0 Å². The van der Waals surface area contributed by atoms with E-state index in [1.54, 1.807) is 29.8 Å². The van der Waals surface area contributed by atoms with E-state index in [0.29, 0.717) is 38.9 Å². The lowest BCUT2D eigenvalue weighted by Crippen LogP contribution is -2.49. The highest BCUT2D eigenvalue weighted by molar-refractivity contribution is 6.31. The summed E-state index contributed by atoms with van der Waals surface area (Å²) < 4.78 is 7.26. The number of rotatable bonds is 6. The molecule has 3 aliphatic carbocycles. The van der Waals surface area contributed by atoms with Crippen LogP contribution in [0.25, 0.3) is 10.9 Å². The van der Waals surface area contributed by atoms with Gasteiger partial charge in [0.15, 0.2) is 11.5 Å². The Morgan fingerprint density at radius 2 is 1.75 bits per heavy atom. The van der Waals surface area contributed by atoms with Gasteiger partial charge in [0, 0.05) is 28.5 Å². The quantitative estimate of drug-likeness (QED) is 0.272. The first-order chi connectivity index (χ1) is 19.0. The molecule has 3 aromatic heterocycles. The standard InChI is InChI=1S/C28H28Cl2N6O4/c1-14(31-19-4-5-20(30)33-22(19)24(38)39)17-12-16(29)13-18-21(17)34-25(36(3)23(18)37)27-6-9-28(10-7-27,11-8-27)26-32-15(2)35-40-26/h4-5,12-14,31H,6-11H2,1-3H3,(H,38,39)/t14-,27?,28?/m1/s1. The molecule has 10 nitrogen and oxygen atoms in total. The van der Waals surface area contributed by atoms with Crippen molar-refractivity contribution < 1.29 is 14.4 Å². The molecular formula is C28H28Cl2N6O4. The molecule has 208 valence electrons. The Labute approximate surface area is 239 Å². The number of carbonyl (C=O) groups is 1. The van der Waals surface area contributed by atoms with Gasteiger partial charge in [0.05, 0.1) is 22.6 Å². The number of hydrogen-bond acceptors (Lipinski definition) is 8. The average Bonchev–Trinajstić information content (AvgIpc) is 3.39. The number of aryl methyl sites for hydroxylation is 1. The van der Waals surface area contributed by atoms with E-state index in [-0.39, 0.29) is 27.2 Å². The fourth-order valence-corrected chi connectivity index (χ4v) is 6.92. The summed E-state index contributed by atoms with van der Waals surface area (Å²) >= 11 is 12.4. The molecular weight excluding hydrogens is 555 g/mol. The number of nitrogens with zero attached hydrogens (tertiary/aromatic N) is 5. The van der Waals surface area contributed by atoms with Crippen molar-refractivity contribution in [2.75, 3.05) is 5.32 Å². The van der Waals surface area contributed by atoms with E-state index < -0.39 is 12.0 Å². The molecule has 3 fully saturated rings. The molecule has 0 radical (unpaired) electrons. The van der Waals surface area contributed by atoms with Crippen molar-refractivity contribution in [1.29, 1.82) is 0 Å². The molecule has 0 spiro atoms. The molecule has 3 aliphatic rings. The number of carboxylic acids is 1. The normalized spacial score (nSPS) is 22.9. The highest BCUT2D eigenvalue weighted by Gasteiger charge is 2.54. The monoisotopic (exact) mass is 582 g/mol. The lowest BCUT2D eigenvalue weighted by molar-refractivity contribution is 0.0683. The summed E-state index contributed by atoms with van der Waals surface area (Å²) in [6.45, 7) is 3.70. The Bertz CT molecular complexity index is 1710. The predicted molar refractivity (Wildman–Crippen MR) is 150 cm³/mol. The van der Waals surface area contributed by atoms with Crippen molar-refractivity contribution in [1.82, 2.24) is 24.7 Å². The lowest BCUT2D eigenvalue weighted by atomic mass is 9.53. The molecule has 2 bridgehead atoms. The van der Waals surface area contributed by atoms with Crippen LogP contribution in [0, 0.1) is 6.92 Å². The summed E-state index contributed by atoms with van der Waals surface area (Å²) in [6.07, 6.45) is 5.22. The molecule has 3 heterocycles. The van der Waals surface area contributed by atoms with Crippen molar-refractivity contribution in [3.8, 4) is 0 Å². The van der Waals surface area contributed by atoms with Gasteiger partial charge in [-0.25, -0.2) is 14.8 Å². The van der Waals surface area contributed by atoms with Crippen LogP contribution in [0.15, 0.2) is 33.6 Å². The summed E-state index contributed by atoms with van der Waals surface area (Å²) in [5.41, 5.74) is 0.801. The molecule has 40 heavy (non-hydrogen) atoms. The average molecular weight is 583 g/mol. The van der Waals surface area contributed by atoms with Gasteiger partial charge in [-0.2, -0.15) is 4.98 Å². The first kappa shape index (κ1) is 26.7. The highest BCUT2D eigenvalue weighted by Crippen LogP contribution is 2.57. The number of halogens is 2. The van der Waals surface area contributed by atoms with Gasteiger partial charge in [0.25, 0.3) is 5.56 Å². The van der Waals surface area contributed by atoms with Gasteiger partial charge in [-0.1, -0.05) is 28.4 Å². The van der Waals surface area contributed by atoms with E-state index in [1.165, 1.54) is 6.07 Å². The van der Waals surface area contributed by atoms with Crippen LogP contribution in [0.2, 0.25) is 10.2 Å². The Morgan fingerprint density at radius 3 is 2.38 bits per heavy atom. The van der Waals surface area contributed by atoms with Crippen molar-refractivity contribution in [3.63, 3.8) is 0 Å². The highest BCUT2D eigenvalue weighted by atomic mass is 35.5. The molecule has 7 rings (SSSR count). The molecule has 2 N–H and O–H groups in total. The number of carboxylic acid groups (broad SMARTS) is 1. The maximum atomic E-state index is 13.7. The SMILES string of the molecule is Cc1noc(C23CCC(c4nc5c([C@@H](C)Nc6ccc(Cl)nc6C(=O)O)cc(Cl)cc5c(=O)n4C)(CC2)CC3)n1. The number of pyridine rings is 1. The third kappa shape index (κ3) is 4.25. The molecule has 4 aromatic rings. The Hall–Kier alpha value is -3.50. The maximum Gasteiger partial charge on any atom is 0.356 e. The second kappa shape index (κ2) is 9.55. The van der Waals surface area contributed by atoms with E-state index in [9.17, 15) is 14.7 Å². The van der Waals surface area contributed by atoms with E-state index in [4.69, 9.17) is 32.7 Å². The zero-order valence-electron chi connectivity index (χ0n) is 22.3. The number of aromatic carboxylic acids is 1. The number of aromatic nitrogens is 5. The number of fused-ring (bicyclic) bond motifs is 4. The minimum atomic E-state index is -1.21. The Kier molecular flexibility index (Phi) is 6.38. The van der Waals surface area contributed by atoms with Crippen LogP contribution in [-0.4, -0.2) is 35.8 Å². The van der Waals surface area contributed by atoms with E-state index >= 15 is 0 Å². The number of hydrogen-bond donors (Lipinski definition) is 2. The molecule has 0 aliphatic heterocycles. The van der Waals surface area contributed by atoms with Crippen LogP contribution in [-0.2, 0) is 17.9 Å². The second-order valence-corrected chi connectivity index (χ2v) is 11.9. The topological polar surface area (TPSA) is 136 Å². The Morgan fingerprint density at radius 1 is 1.07 bits per heavy atom. The van der Waals surface area contributed by atoms with Crippen LogP contribution in [0.4, 0.5) is 5.69 Å². The summed E-state index contributed by atoms with van der Waals surface area (Å²) in [5.74, 6) is 0.912. The third-order valence-electron chi connectivity index (χ3n) is 8.78. The number of anilines is 1. The Balaban J connectivity index is 1.41. The molecule has 1 aromatic carbocycles. The van der Waals surface area contributed by atoms with Crippen LogP contribution in [0.5, 0.6) is 0 Å². The molecule has 0 unspecified atom stereocenters. The zero-order chi connectivity index (χ0) is 28.4. The van der Waals surface area contributed by atoms with E-state index in [2.05, 4.69) is 20.4 Å². The molecule has 0 amide bonds. The summed E-state index contributed by atoms with van der Waals surface area (Å²) in [4.78, 5) is 39.2. The third-order valence-corrected chi connectivity index (χ3v) is 9.21. The summed E-state index contributed by atoms with van der Waals surface area (Å²) in [5, 5.41) is 17.7. The number of benzene rings is 1. The fraction of sp³-hybridized carbons (Fsp3) is 0.429. The smallest absolute Gasteiger partial charge is 0.356 e. The van der Waals surface area contributed by atoms with Gasteiger partial charge < -0.3 is 14.9 Å². The van der Waals surface area contributed by atoms with Crippen LogP contribution in [0.3, 0.4) is 0 Å². The van der Waals surface area contributed by atoms with Crippen LogP contribution in [0.1, 0.15) is 85.1 Å². The predicted octanol–water partition coefficient (Wildman–Crippen LogP) is 5.74. The van der Waals surface area contributed by atoms with Crippen molar-refractivity contribution in [2.45, 2.75) is 69.2 Å². The van der Waals surface area contributed by atoms with Gasteiger partial charge in [0.2, 0.25) is 5.89 Å². The molecule has 12 heteroatoms. The van der Waals surface area contributed by atoms with Gasteiger partial charge in [-0.05, 0) is 76.6 Å². The van der Waals surface area contributed by atoms with Crippen LogP contribution >= 0.6 is 23.2 Å². The molecule has 0 saturated heterocycles. The van der Waals surface area contributed by atoms with Crippen LogP contribution < -0.4 is 10.9 Å². The first-order valence-corrected chi connectivity index (χ1v) is 14.0. The minimum absolute atomic E-state index is 0.0797. The van der Waals surface area contributed by atoms with E-state index in [1.807, 2.05) is 13.8 Å². The van der Waals surface area contributed by atoms with Crippen molar-refractivity contribution >= 4 is 45.8 Å². The van der Waals surface area contributed by atoms with Crippen molar-refractivity contribution in [3.05, 3.63) is 73.6 Å². The zero-order valence-corrected chi connectivity index (χ0v) is 23.8. The second-order valence-electron chi connectivity index (χ2n) is 11.1.